The number of ketones is 1. The minimum Gasteiger partial charge on any atom is -0.497 e. The third kappa shape index (κ3) is 5.50. The van der Waals surface area contributed by atoms with Crippen LogP contribution in [0.1, 0.15) is 21.5 Å². The second-order valence-corrected chi connectivity index (χ2v) is 8.92. The number of sulfonamides is 1. The predicted molar refractivity (Wildman–Crippen MR) is 120 cm³/mol. The second kappa shape index (κ2) is 9.90. The molecule has 3 rings (SSSR count). The Bertz CT molecular complexity index is 1240. The molecule has 32 heavy (non-hydrogen) atoms. The maximum atomic E-state index is 12.8. The standard InChI is InChI=1S/C22H19ClN2O6S/c1-31-19-9-4-16(5-10-19)22(26)17-6-11-20(23)21(14-17)32(29,30)24-13-12-15-2-7-18(8-3-15)25(27)28/h2-11,14,24H,12-13H2,1H3. The van der Waals surface area contributed by atoms with Crippen LogP contribution in [-0.4, -0.2) is 32.8 Å². The van der Waals surface area contributed by atoms with Gasteiger partial charge in [0, 0.05) is 29.8 Å². The molecule has 0 aliphatic heterocycles. The van der Waals surface area contributed by atoms with E-state index in [-0.39, 0.29) is 33.5 Å². The summed E-state index contributed by atoms with van der Waals surface area (Å²) in [6, 6.07) is 16.4. The van der Waals surface area contributed by atoms with Gasteiger partial charge in [-0.3, -0.25) is 14.9 Å². The molecular weight excluding hydrogens is 456 g/mol. The lowest BCUT2D eigenvalue weighted by Gasteiger charge is -2.10. The average Bonchev–Trinajstić information content (AvgIpc) is 2.79. The normalized spacial score (nSPS) is 11.2. The Kier molecular flexibility index (Phi) is 7.24. The van der Waals surface area contributed by atoms with E-state index in [0.29, 0.717) is 17.7 Å². The van der Waals surface area contributed by atoms with Gasteiger partial charge in [-0.15, -0.1) is 0 Å². The minimum absolute atomic E-state index is 0.0147. The fourth-order valence-corrected chi connectivity index (χ4v) is 4.51. The molecule has 0 aliphatic carbocycles. The van der Waals surface area contributed by atoms with E-state index in [2.05, 4.69) is 4.72 Å². The maximum absolute atomic E-state index is 12.8. The van der Waals surface area contributed by atoms with Gasteiger partial charge in [0.1, 0.15) is 10.6 Å². The number of rotatable bonds is 9. The number of halogens is 1. The third-order valence-corrected chi connectivity index (χ3v) is 6.63. The Morgan fingerprint density at radius 3 is 2.25 bits per heavy atom. The van der Waals surface area contributed by atoms with Crippen molar-refractivity contribution in [1.29, 1.82) is 0 Å². The zero-order chi connectivity index (χ0) is 23.3. The summed E-state index contributed by atoms with van der Waals surface area (Å²) in [5.74, 6) is 0.241. The molecule has 0 bridgehead atoms. The molecule has 0 unspecified atom stereocenters. The van der Waals surface area contributed by atoms with E-state index in [0.717, 1.165) is 5.56 Å². The first kappa shape index (κ1) is 23.4. The largest absolute Gasteiger partial charge is 0.497 e. The maximum Gasteiger partial charge on any atom is 0.269 e. The van der Waals surface area contributed by atoms with Crippen LogP contribution in [0.15, 0.2) is 71.6 Å². The summed E-state index contributed by atoms with van der Waals surface area (Å²) in [6.45, 7) is 0.0487. The molecule has 0 heterocycles. The zero-order valence-corrected chi connectivity index (χ0v) is 18.5. The summed E-state index contributed by atoms with van der Waals surface area (Å²) < 4.78 is 33.1. The number of ether oxygens (including phenoxy) is 1. The van der Waals surface area contributed by atoms with Gasteiger partial charge in [0.2, 0.25) is 10.0 Å². The number of nitro groups is 1. The Labute approximate surface area is 190 Å². The number of methoxy groups -OCH3 is 1. The van der Waals surface area contributed by atoms with E-state index in [1.54, 1.807) is 36.4 Å². The summed E-state index contributed by atoms with van der Waals surface area (Å²) in [7, 11) is -2.48. The molecule has 0 fully saturated rings. The molecule has 3 aromatic carbocycles. The molecule has 0 aromatic heterocycles. The molecular formula is C22H19ClN2O6S. The number of non-ortho nitro benzene ring substituents is 1. The predicted octanol–water partition coefficient (Wildman–Crippen LogP) is 4.01. The van der Waals surface area contributed by atoms with Gasteiger partial charge in [0.15, 0.2) is 5.78 Å². The van der Waals surface area contributed by atoms with Crippen LogP contribution in [0.4, 0.5) is 5.69 Å². The zero-order valence-electron chi connectivity index (χ0n) is 16.9. The highest BCUT2D eigenvalue weighted by atomic mass is 35.5. The smallest absolute Gasteiger partial charge is 0.269 e. The lowest BCUT2D eigenvalue weighted by Crippen LogP contribution is -2.26. The van der Waals surface area contributed by atoms with Gasteiger partial charge in [-0.05, 0) is 54.4 Å². The molecule has 0 saturated carbocycles. The molecule has 0 spiro atoms. The summed E-state index contributed by atoms with van der Waals surface area (Å²) in [6.07, 6.45) is 0.319. The van der Waals surface area contributed by atoms with Gasteiger partial charge >= 0.3 is 0 Å². The fourth-order valence-electron chi connectivity index (χ4n) is 2.95. The number of benzene rings is 3. The highest BCUT2D eigenvalue weighted by molar-refractivity contribution is 7.89. The summed E-state index contributed by atoms with van der Waals surface area (Å²) in [5, 5.41) is 10.7. The Hall–Kier alpha value is -3.27. The molecule has 0 radical (unpaired) electrons. The van der Waals surface area contributed by atoms with Gasteiger partial charge in [-0.1, -0.05) is 23.7 Å². The van der Waals surface area contributed by atoms with E-state index < -0.39 is 14.9 Å². The topological polar surface area (TPSA) is 116 Å². The summed E-state index contributed by atoms with van der Waals surface area (Å²) in [4.78, 5) is 22.8. The molecule has 166 valence electrons. The number of carbonyl (C=O) groups excluding carboxylic acids is 1. The van der Waals surface area contributed by atoms with Gasteiger partial charge in [-0.2, -0.15) is 0 Å². The number of carbonyl (C=O) groups is 1. The van der Waals surface area contributed by atoms with Crippen molar-refractivity contribution in [2.45, 2.75) is 11.3 Å². The molecule has 1 N–H and O–H groups in total. The van der Waals surface area contributed by atoms with Crippen molar-refractivity contribution < 1.29 is 22.9 Å². The molecule has 0 saturated heterocycles. The van der Waals surface area contributed by atoms with Gasteiger partial charge < -0.3 is 4.74 Å². The van der Waals surface area contributed by atoms with Crippen LogP contribution in [0, 0.1) is 10.1 Å². The van der Waals surface area contributed by atoms with Crippen molar-refractivity contribution in [2.75, 3.05) is 13.7 Å². The van der Waals surface area contributed by atoms with Gasteiger partial charge in [-0.25, -0.2) is 13.1 Å². The second-order valence-electron chi connectivity index (χ2n) is 6.77. The van der Waals surface area contributed by atoms with Crippen LogP contribution in [0.5, 0.6) is 5.75 Å². The highest BCUT2D eigenvalue weighted by Crippen LogP contribution is 2.24. The van der Waals surface area contributed by atoms with Crippen molar-refractivity contribution in [3.8, 4) is 5.75 Å². The van der Waals surface area contributed by atoms with Crippen LogP contribution < -0.4 is 9.46 Å². The van der Waals surface area contributed by atoms with Gasteiger partial charge in [0.05, 0.1) is 17.1 Å². The first-order chi connectivity index (χ1) is 15.2. The quantitative estimate of drug-likeness (QED) is 0.284. The van der Waals surface area contributed by atoms with E-state index in [4.69, 9.17) is 16.3 Å². The van der Waals surface area contributed by atoms with Crippen LogP contribution >= 0.6 is 11.6 Å². The minimum atomic E-state index is -3.99. The van der Waals surface area contributed by atoms with Crippen molar-refractivity contribution in [2.24, 2.45) is 0 Å². The molecule has 0 aliphatic rings. The van der Waals surface area contributed by atoms with Gasteiger partial charge in [0.25, 0.3) is 5.69 Å². The van der Waals surface area contributed by atoms with Crippen molar-refractivity contribution in [3.05, 3.63) is 98.6 Å². The summed E-state index contributed by atoms with van der Waals surface area (Å²) in [5.41, 5.74) is 1.24. The molecule has 10 heteroatoms. The first-order valence-corrected chi connectivity index (χ1v) is 11.3. The molecule has 8 nitrogen and oxygen atoms in total. The Balaban J connectivity index is 1.73. The number of nitrogens with one attached hydrogen (secondary N) is 1. The molecule has 0 atom stereocenters. The Morgan fingerprint density at radius 2 is 1.66 bits per heavy atom. The molecule has 3 aromatic rings. The Morgan fingerprint density at radius 1 is 1.03 bits per heavy atom. The SMILES string of the molecule is COc1ccc(C(=O)c2ccc(Cl)c(S(=O)(=O)NCCc3ccc([N+](=O)[O-])cc3)c2)cc1. The average molecular weight is 475 g/mol. The first-order valence-electron chi connectivity index (χ1n) is 9.42. The number of nitro benzene ring substituents is 1. The van der Waals surface area contributed by atoms with Crippen LogP contribution in [0.2, 0.25) is 5.02 Å². The van der Waals surface area contributed by atoms with Crippen molar-refractivity contribution in [3.63, 3.8) is 0 Å². The van der Waals surface area contributed by atoms with Crippen LogP contribution in [0.3, 0.4) is 0 Å². The number of nitrogens with zero attached hydrogens (tertiary/aromatic N) is 1. The molecule has 0 amide bonds. The lowest BCUT2D eigenvalue weighted by molar-refractivity contribution is -0.384. The lowest BCUT2D eigenvalue weighted by atomic mass is 10.0. The van der Waals surface area contributed by atoms with E-state index in [1.165, 1.54) is 37.4 Å². The van der Waals surface area contributed by atoms with E-state index >= 15 is 0 Å². The van der Waals surface area contributed by atoms with Crippen molar-refractivity contribution in [1.82, 2.24) is 4.72 Å². The fraction of sp³-hybridized carbons (Fsp3) is 0.136. The third-order valence-electron chi connectivity index (χ3n) is 4.69. The highest BCUT2D eigenvalue weighted by Gasteiger charge is 2.20. The summed E-state index contributed by atoms with van der Waals surface area (Å²) >= 11 is 6.10. The van der Waals surface area contributed by atoms with Crippen LogP contribution in [-0.2, 0) is 16.4 Å². The van der Waals surface area contributed by atoms with E-state index in [1.807, 2.05) is 0 Å². The van der Waals surface area contributed by atoms with Crippen LogP contribution in [0.25, 0.3) is 0 Å². The van der Waals surface area contributed by atoms with E-state index in [9.17, 15) is 23.3 Å². The number of hydrogen-bond acceptors (Lipinski definition) is 6. The number of hydrogen-bond donors (Lipinski definition) is 1. The van der Waals surface area contributed by atoms with Crippen molar-refractivity contribution >= 4 is 33.1 Å². The monoisotopic (exact) mass is 474 g/mol.